The number of amides is 1. The third-order valence-corrected chi connectivity index (χ3v) is 4.62. The Morgan fingerprint density at radius 2 is 2.11 bits per heavy atom. The Kier molecular flexibility index (Phi) is 3.80. The number of fused-ring (bicyclic) bond motifs is 1. The molecule has 1 aliphatic rings. The molecule has 100 valence electrons. The van der Waals surface area contributed by atoms with E-state index in [-0.39, 0.29) is 11.8 Å². The molecule has 0 radical (unpaired) electrons. The van der Waals surface area contributed by atoms with Gasteiger partial charge < -0.3 is 10.1 Å². The smallest absolute Gasteiger partial charge is 0.223 e. The molecule has 1 amide bonds. The zero-order chi connectivity index (χ0) is 13.1. The maximum Gasteiger partial charge on any atom is 0.223 e. The quantitative estimate of drug-likeness (QED) is 0.935. The summed E-state index contributed by atoms with van der Waals surface area (Å²) < 4.78 is 6.55. The Balaban J connectivity index is 1.60. The van der Waals surface area contributed by atoms with Crippen molar-refractivity contribution in [3.05, 3.63) is 35.2 Å². The standard InChI is InChI=1S/C15H17NO2S/c17-15(11-5-7-18-8-6-11)16-10-13-9-12-3-1-2-4-14(12)19-13/h1-4,9,11H,5-8,10H2,(H,16,17). The van der Waals surface area contributed by atoms with Crippen molar-refractivity contribution in [2.45, 2.75) is 19.4 Å². The SMILES string of the molecule is O=C(NCc1cc2ccccc2s1)C1CCOCC1. The van der Waals surface area contributed by atoms with Gasteiger partial charge in [0.05, 0.1) is 6.54 Å². The third kappa shape index (κ3) is 2.96. The lowest BCUT2D eigenvalue weighted by Crippen LogP contribution is -2.33. The van der Waals surface area contributed by atoms with Gasteiger partial charge in [-0.3, -0.25) is 4.79 Å². The second kappa shape index (κ2) is 5.72. The number of carbonyl (C=O) groups excluding carboxylic acids is 1. The van der Waals surface area contributed by atoms with Crippen LogP contribution in [-0.2, 0) is 16.1 Å². The van der Waals surface area contributed by atoms with Gasteiger partial charge in [0.2, 0.25) is 5.91 Å². The van der Waals surface area contributed by atoms with Crippen LogP contribution >= 0.6 is 11.3 Å². The van der Waals surface area contributed by atoms with E-state index in [1.54, 1.807) is 11.3 Å². The molecule has 4 heteroatoms. The lowest BCUT2D eigenvalue weighted by atomic mass is 9.99. The molecule has 2 heterocycles. The van der Waals surface area contributed by atoms with Gasteiger partial charge in [0, 0.05) is 28.7 Å². The normalized spacial score (nSPS) is 16.6. The van der Waals surface area contributed by atoms with Crippen LogP contribution in [0.1, 0.15) is 17.7 Å². The first-order valence-corrected chi connectivity index (χ1v) is 7.47. The van der Waals surface area contributed by atoms with E-state index < -0.39 is 0 Å². The summed E-state index contributed by atoms with van der Waals surface area (Å²) in [4.78, 5) is 13.2. The predicted molar refractivity (Wildman–Crippen MR) is 77.2 cm³/mol. The summed E-state index contributed by atoms with van der Waals surface area (Å²) in [5.41, 5.74) is 0. The molecular weight excluding hydrogens is 258 g/mol. The largest absolute Gasteiger partial charge is 0.381 e. The summed E-state index contributed by atoms with van der Waals surface area (Å²) in [6.45, 7) is 2.05. The van der Waals surface area contributed by atoms with E-state index in [2.05, 4.69) is 23.5 Å². The van der Waals surface area contributed by atoms with Gasteiger partial charge in [-0.1, -0.05) is 18.2 Å². The van der Waals surface area contributed by atoms with Crippen LogP contribution in [0.4, 0.5) is 0 Å². The van der Waals surface area contributed by atoms with Gasteiger partial charge in [-0.2, -0.15) is 0 Å². The molecule has 1 aromatic heterocycles. The van der Waals surface area contributed by atoms with Crippen LogP contribution in [-0.4, -0.2) is 19.1 Å². The monoisotopic (exact) mass is 275 g/mol. The van der Waals surface area contributed by atoms with Crippen molar-refractivity contribution in [3.63, 3.8) is 0 Å². The van der Waals surface area contributed by atoms with Crippen molar-refractivity contribution in [1.29, 1.82) is 0 Å². The molecule has 3 rings (SSSR count). The first-order chi connectivity index (χ1) is 9.33. The fourth-order valence-corrected chi connectivity index (χ4v) is 3.41. The van der Waals surface area contributed by atoms with E-state index in [4.69, 9.17) is 4.74 Å². The highest BCUT2D eigenvalue weighted by Crippen LogP contribution is 2.25. The molecule has 1 fully saturated rings. The van der Waals surface area contributed by atoms with Gasteiger partial charge in [0.1, 0.15) is 0 Å². The van der Waals surface area contributed by atoms with Crippen molar-refractivity contribution < 1.29 is 9.53 Å². The Morgan fingerprint density at radius 3 is 2.89 bits per heavy atom. The zero-order valence-corrected chi connectivity index (χ0v) is 11.5. The molecule has 0 saturated carbocycles. The Morgan fingerprint density at radius 1 is 1.32 bits per heavy atom. The molecule has 0 spiro atoms. The Hall–Kier alpha value is -1.39. The summed E-state index contributed by atoms with van der Waals surface area (Å²) in [5.74, 6) is 0.295. The maximum absolute atomic E-state index is 12.0. The topological polar surface area (TPSA) is 38.3 Å². The molecule has 3 nitrogen and oxygen atoms in total. The highest BCUT2D eigenvalue weighted by Gasteiger charge is 2.21. The number of benzene rings is 1. The predicted octanol–water partition coefficient (Wildman–Crippen LogP) is 2.94. The van der Waals surface area contributed by atoms with Crippen LogP contribution in [0.3, 0.4) is 0 Å². The molecule has 2 aromatic rings. The summed E-state index contributed by atoms with van der Waals surface area (Å²) in [5, 5.41) is 4.30. The van der Waals surface area contributed by atoms with Crippen LogP contribution in [0.15, 0.2) is 30.3 Å². The number of rotatable bonds is 3. The molecule has 0 unspecified atom stereocenters. The van der Waals surface area contributed by atoms with Crippen LogP contribution in [0.2, 0.25) is 0 Å². The fraction of sp³-hybridized carbons (Fsp3) is 0.400. The average molecular weight is 275 g/mol. The van der Waals surface area contributed by atoms with Crippen LogP contribution in [0.5, 0.6) is 0 Å². The number of hydrogen-bond donors (Lipinski definition) is 1. The summed E-state index contributed by atoms with van der Waals surface area (Å²) in [6.07, 6.45) is 1.69. The van der Waals surface area contributed by atoms with Crippen molar-refractivity contribution in [2.75, 3.05) is 13.2 Å². The highest BCUT2D eigenvalue weighted by molar-refractivity contribution is 7.19. The van der Waals surface area contributed by atoms with Crippen molar-refractivity contribution in [3.8, 4) is 0 Å². The summed E-state index contributed by atoms with van der Waals surface area (Å²) in [7, 11) is 0. The van der Waals surface area contributed by atoms with Gasteiger partial charge in [0.25, 0.3) is 0 Å². The van der Waals surface area contributed by atoms with Crippen LogP contribution < -0.4 is 5.32 Å². The summed E-state index contributed by atoms with van der Waals surface area (Å²) >= 11 is 1.75. The van der Waals surface area contributed by atoms with Gasteiger partial charge in [0.15, 0.2) is 0 Å². The number of thiophene rings is 1. The number of hydrogen-bond acceptors (Lipinski definition) is 3. The lowest BCUT2D eigenvalue weighted by molar-refractivity contribution is -0.128. The molecule has 0 atom stereocenters. The van der Waals surface area contributed by atoms with E-state index in [1.165, 1.54) is 15.0 Å². The van der Waals surface area contributed by atoms with Gasteiger partial charge in [-0.25, -0.2) is 0 Å². The zero-order valence-electron chi connectivity index (χ0n) is 10.7. The molecule has 19 heavy (non-hydrogen) atoms. The molecule has 0 bridgehead atoms. The first-order valence-electron chi connectivity index (χ1n) is 6.66. The second-order valence-electron chi connectivity index (χ2n) is 4.85. The van der Waals surface area contributed by atoms with E-state index in [0.29, 0.717) is 19.8 Å². The Bertz CT molecular complexity index is 539. The van der Waals surface area contributed by atoms with Crippen LogP contribution in [0, 0.1) is 5.92 Å². The maximum atomic E-state index is 12.0. The van der Waals surface area contributed by atoms with Crippen molar-refractivity contribution in [2.24, 2.45) is 5.92 Å². The number of ether oxygens (including phenoxy) is 1. The van der Waals surface area contributed by atoms with Gasteiger partial charge >= 0.3 is 0 Å². The first kappa shape index (κ1) is 12.6. The molecule has 1 saturated heterocycles. The molecule has 1 aromatic carbocycles. The number of carbonyl (C=O) groups is 1. The molecule has 0 aliphatic carbocycles. The number of nitrogens with one attached hydrogen (secondary N) is 1. The van der Waals surface area contributed by atoms with E-state index in [9.17, 15) is 4.79 Å². The van der Waals surface area contributed by atoms with E-state index in [1.807, 2.05) is 12.1 Å². The fourth-order valence-electron chi connectivity index (χ4n) is 2.40. The highest BCUT2D eigenvalue weighted by atomic mass is 32.1. The minimum Gasteiger partial charge on any atom is -0.381 e. The second-order valence-corrected chi connectivity index (χ2v) is 6.02. The Labute approximate surface area is 116 Å². The van der Waals surface area contributed by atoms with E-state index in [0.717, 1.165) is 12.8 Å². The van der Waals surface area contributed by atoms with Crippen molar-refractivity contribution >= 4 is 27.3 Å². The minimum atomic E-state index is 0.128. The summed E-state index contributed by atoms with van der Waals surface area (Å²) in [6, 6.07) is 10.5. The van der Waals surface area contributed by atoms with Crippen molar-refractivity contribution in [1.82, 2.24) is 5.32 Å². The van der Waals surface area contributed by atoms with Crippen LogP contribution in [0.25, 0.3) is 10.1 Å². The van der Waals surface area contributed by atoms with Gasteiger partial charge in [-0.15, -0.1) is 11.3 Å². The molecule has 1 N–H and O–H groups in total. The minimum absolute atomic E-state index is 0.128. The van der Waals surface area contributed by atoms with Gasteiger partial charge in [-0.05, 0) is 30.4 Å². The average Bonchev–Trinajstić information content (AvgIpc) is 2.88. The molecular formula is C15H17NO2S. The third-order valence-electron chi connectivity index (χ3n) is 3.51. The van der Waals surface area contributed by atoms with E-state index >= 15 is 0 Å². The lowest BCUT2D eigenvalue weighted by Gasteiger charge is -2.20. The molecule has 1 aliphatic heterocycles.